The number of hydrogen-bond acceptors (Lipinski definition) is 5. The number of carboxylic acids is 1. The van der Waals surface area contributed by atoms with Gasteiger partial charge in [0.05, 0.1) is 0 Å². The van der Waals surface area contributed by atoms with Gasteiger partial charge in [-0.05, 0) is 32.7 Å². The molecule has 1 aromatic heterocycles. The first-order valence-electron chi connectivity index (χ1n) is 6.05. The van der Waals surface area contributed by atoms with Crippen molar-refractivity contribution in [1.82, 2.24) is 20.5 Å². The molecule has 0 aliphatic heterocycles. The highest BCUT2D eigenvalue weighted by Crippen LogP contribution is 2.18. The van der Waals surface area contributed by atoms with E-state index in [0.717, 1.165) is 30.3 Å². The number of aromatic amines is 1. The lowest BCUT2D eigenvalue weighted by molar-refractivity contribution is -0.144. The van der Waals surface area contributed by atoms with Crippen LogP contribution in [0.3, 0.4) is 0 Å². The first-order chi connectivity index (χ1) is 8.58. The molecule has 0 saturated carbocycles. The quantitative estimate of drug-likeness (QED) is 0.466. The van der Waals surface area contributed by atoms with Crippen molar-refractivity contribution in [2.24, 2.45) is 0 Å². The molecule has 1 aromatic rings. The largest absolute Gasteiger partial charge is 0.480 e. The third-order valence-electron chi connectivity index (χ3n) is 2.69. The standard InChI is InChI=1S/C11H20N4O2S/c1-3-6-13-11(2,9(16)17)5-4-7-18-10-12-8-14-15-10/h8,13H,3-7H2,1-2H3,(H,16,17)(H,12,14,15). The number of rotatable bonds is 9. The number of aliphatic carboxylic acids is 1. The van der Waals surface area contributed by atoms with Gasteiger partial charge in [-0.25, -0.2) is 4.98 Å². The van der Waals surface area contributed by atoms with Gasteiger partial charge in [0.2, 0.25) is 0 Å². The molecule has 102 valence electrons. The SMILES string of the molecule is CCCNC(C)(CCCSc1ncn[nH]1)C(=O)O. The second-order valence-corrected chi connectivity index (χ2v) is 5.39. The number of aromatic nitrogens is 3. The fourth-order valence-corrected chi connectivity index (χ4v) is 2.25. The summed E-state index contributed by atoms with van der Waals surface area (Å²) in [7, 11) is 0. The third kappa shape index (κ3) is 4.66. The summed E-state index contributed by atoms with van der Waals surface area (Å²) < 4.78 is 0. The Morgan fingerprint density at radius 1 is 1.67 bits per heavy atom. The lowest BCUT2D eigenvalue weighted by Gasteiger charge is -2.26. The summed E-state index contributed by atoms with van der Waals surface area (Å²) in [6.07, 6.45) is 3.80. The molecule has 0 amide bonds. The van der Waals surface area contributed by atoms with Gasteiger partial charge in [0.1, 0.15) is 11.9 Å². The maximum Gasteiger partial charge on any atom is 0.323 e. The van der Waals surface area contributed by atoms with E-state index in [0.29, 0.717) is 6.42 Å². The van der Waals surface area contributed by atoms with Crippen LogP contribution in [0.1, 0.15) is 33.1 Å². The molecular formula is C11H20N4O2S. The Morgan fingerprint density at radius 2 is 2.44 bits per heavy atom. The molecule has 7 heteroatoms. The number of thioether (sulfide) groups is 1. The summed E-state index contributed by atoms with van der Waals surface area (Å²) in [6.45, 7) is 4.48. The molecule has 0 aliphatic carbocycles. The number of carbonyl (C=O) groups is 1. The van der Waals surface area contributed by atoms with E-state index in [2.05, 4.69) is 20.5 Å². The lowest BCUT2D eigenvalue weighted by atomic mass is 9.96. The first-order valence-corrected chi connectivity index (χ1v) is 7.03. The number of H-pyrrole nitrogens is 1. The molecule has 0 radical (unpaired) electrons. The Morgan fingerprint density at radius 3 is 3.00 bits per heavy atom. The average Bonchev–Trinajstić information content (AvgIpc) is 2.85. The molecule has 6 nitrogen and oxygen atoms in total. The fourth-order valence-electron chi connectivity index (χ4n) is 1.53. The minimum atomic E-state index is -0.835. The number of carboxylic acid groups (broad SMARTS) is 1. The smallest absolute Gasteiger partial charge is 0.323 e. The zero-order chi connectivity index (χ0) is 13.4. The molecule has 1 atom stereocenters. The van der Waals surface area contributed by atoms with Crippen LogP contribution in [0.25, 0.3) is 0 Å². The molecule has 18 heavy (non-hydrogen) atoms. The Kier molecular flexibility index (Phi) is 6.14. The molecule has 3 N–H and O–H groups in total. The minimum absolute atomic E-state index is 0.601. The molecule has 1 heterocycles. The summed E-state index contributed by atoms with van der Waals surface area (Å²) in [5.74, 6) is 0.0342. The van der Waals surface area contributed by atoms with Crippen molar-refractivity contribution in [2.45, 2.75) is 43.8 Å². The normalized spacial score (nSPS) is 14.3. The summed E-state index contributed by atoms with van der Waals surface area (Å²) in [5, 5.41) is 19.6. The van der Waals surface area contributed by atoms with Gasteiger partial charge in [-0.2, -0.15) is 5.10 Å². The van der Waals surface area contributed by atoms with Gasteiger partial charge in [0.15, 0.2) is 5.16 Å². The number of nitrogens with zero attached hydrogens (tertiary/aromatic N) is 2. The zero-order valence-electron chi connectivity index (χ0n) is 10.8. The zero-order valence-corrected chi connectivity index (χ0v) is 11.6. The van der Waals surface area contributed by atoms with Crippen molar-refractivity contribution < 1.29 is 9.90 Å². The van der Waals surface area contributed by atoms with E-state index in [-0.39, 0.29) is 0 Å². The van der Waals surface area contributed by atoms with Gasteiger partial charge in [-0.15, -0.1) is 0 Å². The first kappa shape index (κ1) is 15.0. The van der Waals surface area contributed by atoms with Gasteiger partial charge in [0.25, 0.3) is 0 Å². The van der Waals surface area contributed by atoms with Crippen LogP contribution < -0.4 is 5.32 Å². The van der Waals surface area contributed by atoms with Crippen LogP contribution in [-0.2, 0) is 4.79 Å². The van der Waals surface area contributed by atoms with E-state index < -0.39 is 11.5 Å². The Bertz CT molecular complexity index is 358. The van der Waals surface area contributed by atoms with E-state index in [4.69, 9.17) is 0 Å². The highest BCUT2D eigenvalue weighted by Gasteiger charge is 2.31. The van der Waals surface area contributed by atoms with E-state index in [1.807, 2.05) is 6.92 Å². The molecule has 0 fully saturated rings. The molecular weight excluding hydrogens is 252 g/mol. The van der Waals surface area contributed by atoms with Crippen molar-refractivity contribution >= 4 is 17.7 Å². The molecule has 0 spiro atoms. The lowest BCUT2D eigenvalue weighted by Crippen LogP contribution is -2.49. The summed E-state index contributed by atoms with van der Waals surface area (Å²) >= 11 is 1.55. The van der Waals surface area contributed by atoms with Crippen LogP contribution in [0.15, 0.2) is 11.5 Å². The van der Waals surface area contributed by atoms with Gasteiger partial charge >= 0.3 is 5.97 Å². The van der Waals surface area contributed by atoms with E-state index in [1.54, 1.807) is 18.7 Å². The molecule has 0 aliphatic rings. The fraction of sp³-hybridized carbons (Fsp3) is 0.727. The van der Waals surface area contributed by atoms with E-state index in [9.17, 15) is 9.90 Å². The highest BCUT2D eigenvalue weighted by atomic mass is 32.2. The maximum atomic E-state index is 11.3. The van der Waals surface area contributed by atoms with Gasteiger partial charge in [-0.3, -0.25) is 9.89 Å². The summed E-state index contributed by atoms with van der Waals surface area (Å²) in [4.78, 5) is 15.3. The average molecular weight is 272 g/mol. The number of hydrogen-bond donors (Lipinski definition) is 3. The predicted octanol–water partition coefficient (Wildman–Crippen LogP) is 1.52. The van der Waals surface area contributed by atoms with Crippen molar-refractivity contribution in [1.29, 1.82) is 0 Å². The molecule has 0 saturated heterocycles. The predicted molar refractivity (Wildman–Crippen MR) is 70.7 cm³/mol. The molecule has 0 bridgehead atoms. The van der Waals surface area contributed by atoms with Gasteiger partial charge < -0.3 is 10.4 Å². The van der Waals surface area contributed by atoms with Crippen LogP contribution >= 0.6 is 11.8 Å². The van der Waals surface area contributed by atoms with Crippen LogP contribution in [0.2, 0.25) is 0 Å². The Labute approximate surface area is 111 Å². The number of nitrogens with one attached hydrogen (secondary N) is 2. The second-order valence-electron chi connectivity index (χ2n) is 4.31. The molecule has 0 aromatic carbocycles. The summed E-state index contributed by atoms with van der Waals surface area (Å²) in [5.41, 5.74) is -0.835. The van der Waals surface area contributed by atoms with Crippen molar-refractivity contribution in [3.05, 3.63) is 6.33 Å². The van der Waals surface area contributed by atoms with Crippen LogP contribution in [0.5, 0.6) is 0 Å². The van der Waals surface area contributed by atoms with E-state index >= 15 is 0 Å². The van der Waals surface area contributed by atoms with Crippen LogP contribution in [0.4, 0.5) is 0 Å². The third-order valence-corrected chi connectivity index (χ3v) is 3.65. The van der Waals surface area contributed by atoms with Gasteiger partial charge in [-0.1, -0.05) is 18.7 Å². The van der Waals surface area contributed by atoms with E-state index in [1.165, 1.54) is 6.33 Å². The van der Waals surface area contributed by atoms with Crippen LogP contribution in [-0.4, -0.2) is 44.1 Å². The highest BCUT2D eigenvalue weighted by molar-refractivity contribution is 7.99. The maximum absolute atomic E-state index is 11.3. The summed E-state index contributed by atoms with van der Waals surface area (Å²) in [6, 6.07) is 0. The Balaban J connectivity index is 2.31. The topological polar surface area (TPSA) is 90.9 Å². The molecule has 1 unspecified atom stereocenters. The second kappa shape index (κ2) is 7.38. The van der Waals surface area contributed by atoms with Gasteiger partial charge in [0, 0.05) is 5.75 Å². The Hall–Kier alpha value is -1.08. The van der Waals surface area contributed by atoms with Crippen molar-refractivity contribution in [2.75, 3.05) is 12.3 Å². The van der Waals surface area contributed by atoms with Crippen LogP contribution in [0, 0.1) is 0 Å². The molecule has 1 rings (SSSR count). The van der Waals surface area contributed by atoms with Crippen molar-refractivity contribution in [3.63, 3.8) is 0 Å². The monoisotopic (exact) mass is 272 g/mol. The minimum Gasteiger partial charge on any atom is -0.480 e. The van der Waals surface area contributed by atoms with Crippen molar-refractivity contribution in [3.8, 4) is 0 Å².